The Balaban J connectivity index is 2.29. The van der Waals surface area contributed by atoms with E-state index in [1.807, 2.05) is 18.2 Å². The zero-order chi connectivity index (χ0) is 12.5. The van der Waals surface area contributed by atoms with Crippen molar-refractivity contribution in [2.24, 2.45) is 0 Å². The Labute approximate surface area is 108 Å². The van der Waals surface area contributed by atoms with Gasteiger partial charge in [0.05, 0.1) is 0 Å². The molecule has 1 nitrogen and oxygen atoms in total. The van der Waals surface area contributed by atoms with Crippen molar-refractivity contribution < 1.29 is 4.79 Å². The molecule has 0 aliphatic heterocycles. The van der Waals surface area contributed by atoms with E-state index in [-0.39, 0.29) is 0 Å². The van der Waals surface area contributed by atoms with Gasteiger partial charge in [0.25, 0.3) is 0 Å². The number of hydrogen-bond acceptors (Lipinski definition) is 2. The molecule has 0 spiro atoms. The smallest absolute Gasteiger partial charge is 0.189 e. The highest BCUT2D eigenvalue weighted by Gasteiger charge is 2.02. The molecule has 17 heavy (non-hydrogen) atoms. The van der Waals surface area contributed by atoms with Gasteiger partial charge in [-0.3, -0.25) is 4.79 Å². The summed E-state index contributed by atoms with van der Waals surface area (Å²) >= 11 is 1.43. The maximum absolute atomic E-state index is 11.6. The fourth-order valence-electron chi connectivity index (χ4n) is 1.51. The Hall–Kier alpha value is -1.02. The zero-order valence-electron chi connectivity index (χ0n) is 10.4. The van der Waals surface area contributed by atoms with Crippen LogP contribution in [0.25, 0.3) is 6.08 Å². The first-order valence-electron chi connectivity index (χ1n) is 6.13. The molecule has 92 valence electrons. The molecular weight excluding hydrogens is 228 g/mol. The van der Waals surface area contributed by atoms with Crippen LogP contribution in [0.1, 0.15) is 43.7 Å². The van der Waals surface area contributed by atoms with Crippen molar-refractivity contribution in [2.75, 3.05) is 0 Å². The molecule has 0 fully saturated rings. The SMILES string of the molecule is C=Cc1ccc(CSC(=O)CCCCC)cc1. The van der Waals surface area contributed by atoms with Gasteiger partial charge in [-0.15, -0.1) is 0 Å². The van der Waals surface area contributed by atoms with Crippen LogP contribution >= 0.6 is 11.8 Å². The van der Waals surface area contributed by atoms with Crippen LogP contribution in [0.4, 0.5) is 0 Å². The second kappa shape index (κ2) is 8.13. The van der Waals surface area contributed by atoms with Gasteiger partial charge in [-0.2, -0.15) is 0 Å². The summed E-state index contributed by atoms with van der Waals surface area (Å²) in [6, 6.07) is 8.18. The first-order chi connectivity index (χ1) is 8.26. The highest BCUT2D eigenvalue weighted by molar-refractivity contribution is 8.12. The average Bonchev–Trinajstić information content (AvgIpc) is 2.37. The van der Waals surface area contributed by atoms with Crippen molar-refractivity contribution in [1.29, 1.82) is 0 Å². The van der Waals surface area contributed by atoms with Gasteiger partial charge in [-0.25, -0.2) is 0 Å². The van der Waals surface area contributed by atoms with E-state index in [1.54, 1.807) is 0 Å². The van der Waals surface area contributed by atoms with Gasteiger partial charge in [0.2, 0.25) is 0 Å². The minimum atomic E-state index is 0.311. The lowest BCUT2D eigenvalue weighted by atomic mass is 10.1. The number of benzene rings is 1. The third-order valence-electron chi connectivity index (χ3n) is 2.60. The molecule has 2 heteroatoms. The topological polar surface area (TPSA) is 17.1 Å². The van der Waals surface area contributed by atoms with E-state index in [2.05, 4.69) is 25.6 Å². The van der Waals surface area contributed by atoms with Crippen molar-refractivity contribution in [3.05, 3.63) is 42.0 Å². The number of unbranched alkanes of at least 4 members (excludes halogenated alkanes) is 2. The van der Waals surface area contributed by atoms with Crippen LogP contribution in [-0.4, -0.2) is 5.12 Å². The van der Waals surface area contributed by atoms with Crippen LogP contribution in [0, 0.1) is 0 Å². The second-order valence-corrected chi connectivity index (χ2v) is 5.10. The first-order valence-corrected chi connectivity index (χ1v) is 7.12. The van der Waals surface area contributed by atoms with Gasteiger partial charge in [0.15, 0.2) is 5.12 Å². The fraction of sp³-hybridized carbons (Fsp3) is 0.400. The summed E-state index contributed by atoms with van der Waals surface area (Å²) in [4.78, 5) is 11.6. The lowest BCUT2D eigenvalue weighted by Gasteiger charge is -2.02. The third kappa shape index (κ3) is 5.73. The quantitative estimate of drug-likeness (QED) is 0.652. The van der Waals surface area contributed by atoms with Gasteiger partial charge in [-0.05, 0) is 17.5 Å². The lowest BCUT2D eigenvalue weighted by Crippen LogP contribution is -1.92. The Bertz CT molecular complexity index is 354. The average molecular weight is 248 g/mol. The molecule has 1 aromatic carbocycles. The lowest BCUT2D eigenvalue weighted by molar-refractivity contribution is -0.111. The largest absolute Gasteiger partial charge is 0.287 e. The number of thioether (sulfide) groups is 1. The standard InChI is InChI=1S/C15H20OS/c1-3-5-6-7-15(16)17-12-14-10-8-13(4-2)9-11-14/h4,8-11H,2-3,5-7,12H2,1H3. The molecular formula is C15H20OS. The molecule has 0 heterocycles. The molecule has 0 atom stereocenters. The Morgan fingerprint density at radius 1 is 1.29 bits per heavy atom. The Morgan fingerprint density at radius 3 is 2.59 bits per heavy atom. The summed E-state index contributed by atoms with van der Waals surface area (Å²) in [5, 5.41) is 0.311. The molecule has 0 aliphatic carbocycles. The first kappa shape index (κ1) is 14.0. The number of hydrogen-bond donors (Lipinski definition) is 0. The highest BCUT2D eigenvalue weighted by atomic mass is 32.2. The molecule has 0 unspecified atom stereocenters. The maximum Gasteiger partial charge on any atom is 0.189 e. The van der Waals surface area contributed by atoms with Gasteiger partial charge < -0.3 is 0 Å². The van der Waals surface area contributed by atoms with Gasteiger partial charge in [-0.1, -0.05) is 68.4 Å². The normalized spacial score (nSPS) is 10.2. The summed E-state index contributed by atoms with van der Waals surface area (Å²) in [5.41, 5.74) is 2.32. The zero-order valence-corrected chi connectivity index (χ0v) is 11.3. The molecule has 0 saturated heterocycles. The molecule has 1 aromatic rings. The van der Waals surface area contributed by atoms with E-state index in [0.717, 1.165) is 24.2 Å². The van der Waals surface area contributed by atoms with E-state index in [0.29, 0.717) is 11.5 Å². The number of rotatable bonds is 7. The maximum atomic E-state index is 11.6. The van der Waals surface area contributed by atoms with Crippen LogP contribution in [0.3, 0.4) is 0 Å². The van der Waals surface area contributed by atoms with Crippen molar-refractivity contribution >= 4 is 23.0 Å². The molecule has 0 aliphatic rings. The molecule has 0 saturated carbocycles. The summed E-state index contributed by atoms with van der Waals surface area (Å²) in [7, 11) is 0. The van der Waals surface area contributed by atoms with E-state index >= 15 is 0 Å². The molecule has 0 N–H and O–H groups in total. The van der Waals surface area contributed by atoms with E-state index in [9.17, 15) is 4.79 Å². The third-order valence-corrected chi connectivity index (χ3v) is 3.60. The molecule has 0 amide bonds. The predicted octanol–water partition coefficient (Wildman–Crippen LogP) is 4.67. The number of carbonyl (C=O) groups is 1. The molecule has 0 bridgehead atoms. The Kier molecular flexibility index (Phi) is 6.71. The van der Waals surface area contributed by atoms with Gasteiger partial charge in [0.1, 0.15) is 0 Å². The van der Waals surface area contributed by atoms with Crippen LogP contribution in [0.5, 0.6) is 0 Å². The van der Waals surface area contributed by atoms with Crippen LogP contribution in [0.15, 0.2) is 30.8 Å². The number of carbonyl (C=O) groups excluding carboxylic acids is 1. The van der Waals surface area contributed by atoms with Crippen molar-refractivity contribution in [3.63, 3.8) is 0 Å². The minimum absolute atomic E-state index is 0.311. The Morgan fingerprint density at radius 2 is 2.00 bits per heavy atom. The van der Waals surface area contributed by atoms with Crippen LogP contribution < -0.4 is 0 Å². The van der Waals surface area contributed by atoms with Crippen molar-refractivity contribution in [2.45, 2.75) is 38.4 Å². The predicted molar refractivity (Wildman–Crippen MR) is 77.0 cm³/mol. The summed E-state index contributed by atoms with van der Waals surface area (Å²) in [6.45, 7) is 5.87. The minimum Gasteiger partial charge on any atom is -0.287 e. The second-order valence-electron chi connectivity index (χ2n) is 4.06. The van der Waals surface area contributed by atoms with Gasteiger partial charge >= 0.3 is 0 Å². The monoisotopic (exact) mass is 248 g/mol. The van der Waals surface area contributed by atoms with E-state index in [1.165, 1.54) is 23.7 Å². The summed E-state index contributed by atoms with van der Waals surface area (Å²) < 4.78 is 0. The van der Waals surface area contributed by atoms with Crippen molar-refractivity contribution in [3.8, 4) is 0 Å². The summed E-state index contributed by atoms with van der Waals surface area (Å²) in [6.07, 6.45) is 5.88. The van der Waals surface area contributed by atoms with E-state index < -0.39 is 0 Å². The van der Waals surface area contributed by atoms with Gasteiger partial charge in [0, 0.05) is 12.2 Å². The highest BCUT2D eigenvalue weighted by Crippen LogP contribution is 2.17. The van der Waals surface area contributed by atoms with Crippen LogP contribution in [-0.2, 0) is 10.5 Å². The van der Waals surface area contributed by atoms with Crippen LogP contribution in [0.2, 0.25) is 0 Å². The van der Waals surface area contributed by atoms with Crippen molar-refractivity contribution in [1.82, 2.24) is 0 Å². The van der Waals surface area contributed by atoms with E-state index in [4.69, 9.17) is 0 Å². The molecule has 0 radical (unpaired) electrons. The molecule has 0 aromatic heterocycles. The molecule has 1 rings (SSSR count). The fourth-order valence-corrected chi connectivity index (χ4v) is 2.31. The summed E-state index contributed by atoms with van der Waals surface area (Å²) in [5.74, 6) is 0.780.